The Morgan fingerprint density at radius 2 is 1.00 bits per heavy atom. The number of carbonyl (C=O) groups is 1. The summed E-state index contributed by atoms with van der Waals surface area (Å²) >= 11 is 0.0976. The molecule has 0 amide bonds. The molecular weight excluding hydrogens is 414 g/mol. The summed E-state index contributed by atoms with van der Waals surface area (Å²) in [5.41, 5.74) is 1.13. The molecule has 0 aliphatic heterocycles. The molecule has 0 heterocycles. The molecule has 0 spiro atoms. The van der Waals surface area contributed by atoms with E-state index in [4.69, 9.17) is 0 Å². The molecule has 23 heavy (non-hydrogen) atoms. The van der Waals surface area contributed by atoms with Crippen molar-refractivity contribution < 1.29 is 4.79 Å². The van der Waals surface area contributed by atoms with Crippen molar-refractivity contribution in [1.29, 1.82) is 0 Å². The van der Waals surface area contributed by atoms with Crippen LogP contribution >= 0.6 is 0 Å². The van der Waals surface area contributed by atoms with Gasteiger partial charge in [0.15, 0.2) is 0 Å². The summed E-state index contributed by atoms with van der Waals surface area (Å²) in [7, 11) is 0. The molecular formula is C20H16OSe2. The molecule has 0 aromatic heterocycles. The summed E-state index contributed by atoms with van der Waals surface area (Å²) in [6.07, 6.45) is 1.18. The van der Waals surface area contributed by atoms with Crippen LogP contribution in [0.1, 0.15) is 5.56 Å². The Morgan fingerprint density at radius 3 is 1.39 bits per heavy atom. The van der Waals surface area contributed by atoms with Gasteiger partial charge in [-0.15, -0.1) is 0 Å². The molecule has 1 nitrogen and oxygen atoms in total. The summed E-state index contributed by atoms with van der Waals surface area (Å²) < 4.78 is 2.10. The minimum absolute atomic E-state index is 0.0488. The van der Waals surface area contributed by atoms with E-state index in [1.165, 1.54) is 15.2 Å². The summed E-state index contributed by atoms with van der Waals surface area (Å²) in [4.78, 5) is 12.3. The first kappa shape index (κ1) is 16.2. The summed E-state index contributed by atoms with van der Waals surface area (Å²) in [5, 5.41) is 0. The third-order valence-corrected chi connectivity index (χ3v) is 9.97. The number of benzene rings is 3. The van der Waals surface area contributed by atoms with E-state index >= 15 is 0 Å². The summed E-state index contributed by atoms with van der Waals surface area (Å²) in [6, 6.07) is 31.0. The van der Waals surface area contributed by atoms with E-state index in [-0.39, 0.29) is 29.9 Å². The number of rotatable bonds is 6. The Kier molecular flexibility index (Phi) is 5.48. The molecule has 0 aliphatic rings. The molecule has 0 saturated heterocycles. The van der Waals surface area contributed by atoms with E-state index in [1.807, 2.05) is 54.6 Å². The maximum absolute atomic E-state index is 12.3. The normalized spacial score (nSPS) is 11.1. The van der Waals surface area contributed by atoms with Gasteiger partial charge in [-0.3, -0.25) is 0 Å². The van der Waals surface area contributed by atoms with Gasteiger partial charge in [0.1, 0.15) is 0 Å². The molecule has 0 fully saturated rings. The van der Waals surface area contributed by atoms with Crippen LogP contribution in [0.15, 0.2) is 91.0 Å². The zero-order chi connectivity index (χ0) is 16.0. The van der Waals surface area contributed by atoms with E-state index in [0.717, 1.165) is 5.56 Å². The predicted octanol–water partition coefficient (Wildman–Crippen LogP) is 2.10. The second kappa shape index (κ2) is 7.77. The van der Waals surface area contributed by atoms with Crippen LogP contribution < -0.4 is 8.92 Å². The van der Waals surface area contributed by atoms with Crippen molar-refractivity contribution in [2.45, 2.75) is 3.21 Å². The van der Waals surface area contributed by atoms with Crippen molar-refractivity contribution in [2.75, 3.05) is 0 Å². The van der Waals surface area contributed by atoms with E-state index in [9.17, 15) is 4.79 Å². The first-order valence-electron chi connectivity index (χ1n) is 7.32. The average molecular weight is 430 g/mol. The van der Waals surface area contributed by atoms with Crippen molar-refractivity contribution >= 4 is 45.1 Å². The van der Waals surface area contributed by atoms with Gasteiger partial charge in [0.05, 0.1) is 0 Å². The van der Waals surface area contributed by atoms with Crippen LogP contribution in [0.5, 0.6) is 0 Å². The van der Waals surface area contributed by atoms with Gasteiger partial charge in [-0.1, -0.05) is 0 Å². The van der Waals surface area contributed by atoms with E-state index < -0.39 is 3.21 Å². The maximum atomic E-state index is 12.3. The number of carbonyl (C=O) groups excluding carboxylic acids is 1. The first-order valence-corrected chi connectivity index (χ1v) is 10.7. The van der Waals surface area contributed by atoms with Crippen LogP contribution in [0, 0.1) is 0 Å². The second-order valence-corrected chi connectivity index (χ2v) is 11.8. The van der Waals surface area contributed by atoms with Crippen LogP contribution in [0.4, 0.5) is 0 Å². The van der Waals surface area contributed by atoms with Gasteiger partial charge in [0, 0.05) is 0 Å². The van der Waals surface area contributed by atoms with Gasteiger partial charge in [0.2, 0.25) is 0 Å². The van der Waals surface area contributed by atoms with Crippen molar-refractivity contribution in [2.24, 2.45) is 0 Å². The first-order chi connectivity index (χ1) is 11.3. The van der Waals surface area contributed by atoms with Gasteiger partial charge in [0.25, 0.3) is 0 Å². The summed E-state index contributed by atoms with van der Waals surface area (Å²) in [6.45, 7) is 0. The standard InChI is InChI=1S/C20H16OSe2/c21-16-20(17-10-4-1-5-11-17,22-18-12-6-2-7-13-18)23-19-14-8-3-9-15-19/h1-16H. The SMILES string of the molecule is O=CC([Se]c1ccccc1)([Se]c1ccccc1)c1ccccc1. The Hall–Kier alpha value is -1.63. The molecule has 0 unspecified atom stereocenters. The Labute approximate surface area is 149 Å². The van der Waals surface area contributed by atoms with Gasteiger partial charge in [-0.2, -0.15) is 0 Å². The predicted molar refractivity (Wildman–Crippen MR) is 97.8 cm³/mol. The molecule has 0 aliphatic carbocycles. The fourth-order valence-corrected chi connectivity index (χ4v) is 8.86. The number of aldehydes is 1. The Bertz CT molecular complexity index is 701. The monoisotopic (exact) mass is 432 g/mol. The molecule has 0 radical (unpaired) electrons. The summed E-state index contributed by atoms with van der Waals surface area (Å²) in [5.74, 6) is 0. The van der Waals surface area contributed by atoms with Gasteiger partial charge in [-0.05, 0) is 0 Å². The van der Waals surface area contributed by atoms with Crippen molar-refractivity contribution in [3.63, 3.8) is 0 Å². The van der Waals surface area contributed by atoms with Gasteiger partial charge >= 0.3 is 150 Å². The van der Waals surface area contributed by atoms with Crippen LogP contribution in [-0.4, -0.2) is 36.2 Å². The van der Waals surface area contributed by atoms with Crippen LogP contribution in [0.25, 0.3) is 0 Å². The average Bonchev–Trinajstić information content (AvgIpc) is 2.63. The zero-order valence-corrected chi connectivity index (χ0v) is 15.9. The molecule has 0 bridgehead atoms. The second-order valence-electron chi connectivity index (χ2n) is 4.98. The molecule has 3 aromatic carbocycles. The topological polar surface area (TPSA) is 17.1 Å². The zero-order valence-electron chi connectivity index (χ0n) is 12.5. The Balaban J connectivity index is 2.02. The number of hydrogen-bond donors (Lipinski definition) is 0. The van der Waals surface area contributed by atoms with Gasteiger partial charge < -0.3 is 0 Å². The van der Waals surface area contributed by atoms with Crippen LogP contribution in [0.2, 0.25) is 0 Å². The van der Waals surface area contributed by atoms with Gasteiger partial charge in [-0.25, -0.2) is 0 Å². The molecule has 3 heteroatoms. The number of hydrogen-bond acceptors (Lipinski definition) is 1. The third-order valence-electron chi connectivity index (χ3n) is 3.36. The van der Waals surface area contributed by atoms with Crippen molar-refractivity contribution in [3.05, 3.63) is 96.6 Å². The fourth-order valence-electron chi connectivity index (χ4n) is 2.25. The molecule has 114 valence electrons. The molecule has 3 rings (SSSR count). The van der Waals surface area contributed by atoms with E-state index in [0.29, 0.717) is 0 Å². The van der Waals surface area contributed by atoms with E-state index in [1.54, 1.807) is 0 Å². The third kappa shape index (κ3) is 4.02. The molecule has 0 N–H and O–H groups in total. The Morgan fingerprint density at radius 1 is 0.609 bits per heavy atom. The molecule has 3 aromatic rings. The quantitative estimate of drug-likeness (QED) is 0.433. The molecule has 0 atom stereocenters. The van der Waals surface area contributed by atoms with Crippen molar-refractivity contribution in [1.82, 2.24) is 0 Å². The van der Waals surface area contributed by atoms with Crippen LogP contribution in [0.3, 0.4) is 0 Å². The fraction of sp³-hybridized carbons (Fsp3) is 0.0500. The van der Waals surface area contributed by atoms with Crippen molar-refractivity contribution in [3.8, 4) is 0 Å². The van der Waals surface area contributed by atoms with E-state index in [2.05, 4.69) is 36.4 Å². The minimum atomic E-state index is -0.413. The molecule has 0 saturated carbocycles. The van der Waals surface area contributed by atoms with Crippen LogP contribution in [-0.2, 0) is 8.01 Å².